The van der Waals surface area contributed by atoms with Gasteiger partial charge in [0, 0.05) is 23.5 Å². The van der Waals surface area contributed by atoms with Gasteiger partial charge in [0.1, 0.15) is 11.3 Å². The number of benzene rings is 1. The van der Waals surface area contributed by atoms with Gasteiger partial charge in [0.2, 0.25) is 0 Å². The number of nitrogens with zero attached hydrogens (tertiary/aromatic N) is 1. The summed E-state index contributed by atoms with van der Waals surface area (Å²) in [6.07, 6.45) is 3.93. The van der Waals surface area contributed by atoms with E-state index in [4.69, 9.17) is 10.2 Å². The summed E-state index contributed by atoms with van der Waals surface area (Å²) in [6, 6.07) is 8.83. The van der Waals surface area contributed by atoms with Crippen molar-refractivity contribution in [3.05, 3.63) is 35.6 Å². The van der Waals surface area contributed by atoms with Crippen molar-refractivity contribution in [2.24, 2.45) is 5.73 Å². The summed E-state index contributed by atoms with van der Waals surface area (Å²) in [4.78, 5) is 2.51. The Morgan fingerprint density at radius 2 is 2.16 bits per heavy atom. The first kappa shape index (κ1) is 12.7. The molecule has 1 fully saturated rings. The van der Waals surface area contributed by atoms with Crippen molar-refractivity contribution < 1.29 is 4.42 Å². The molecule has 1 atom stereocenters. The summed E-state index contributed by atoms with van der Waals surface area (Å²) in [5.74, 6) is 1.05. The average Bonchev–Trinajstić information content (AvgIpc) is 2.78. The summed E-state index contributed by atoms with van der Waals surface area (Å²) < 4.78 is 6.02. The number of rotatable bonds is 3. The molecule has 2 heterocycles. The van der Waals surface area contributed by atoms with Crippen LogP contribution in [0, 0.1) is 0 Å². The molecule has 3 heteroatoms. The van der Waals surface area contributed by atoms with Gasteiger partial charge in [-0.25, -0.2) is 0 Å². The first-order valence-electron chi connectivity index (χ1n) is 7.23. The highest BCUT2D eigenvalue weighted by Gasteiger charge is 2.21. The fraction of sp³-hybridized carbons (Fsp3) is 0.500. The van der Waals surface area contributed by atoms with E-state index in [0.29, 0.717) is 12.6 Å². The van der Waals surface area contributed by atoms with Crippen molar-refractivity contribution in [3.63, 3.8) is 0 Å². The van der Waals surface area contributed by atoms with Crippen LogP contribution in [0.1, 0.15) is 37.5 Å². The van der Waals surface area contributed by atoms with Gasteiger partial charge < -0.3 is 10.2 Å². The molecule has 1 aliphatic rings. The zero-order valence-electron chi connectivity index (χ0n) is 11.6. The van der Waals surface area contributed by atoms with E-state index in [0.717, 1.165) is 17.9 Å². The van der Waals surface area contributed by atoms with Crippen molar-refractivity contribution in [2.75, 3.05) is 6.54 Å². The molecule has 0 amide bonds. The van der Waals surface area contributed by atoms with Gasteiger partial charge in [0.15, 0.2) is 0 Å². The Labute approximate surface area is 114 Å². The third kappa shape index (κ3) is 2.40. The summed E-state index contributed by atoms with van der Waals surface area (Å²) >= 11 is 0. The van der Waals surface area contributed by atoms with Gasteiger partial charge >= 0.3 is 0 Å². The number of hydrogen-bond acceptors (Lipinski definition) is 3. The SMILES string of the molecule is CC1CCCCN1Cc1oc2ccccc2c1CN. The quantitative estimate of drug-likeness (QED) is 0.918. The second-order valence-corrected chi connectivity index (χ2v) is 5.52. The summed E-state index contributed by atoms with van der Waals surface area (Å²) in [7, 11) is 0. The standard InChI is InChI=1S/C16H22N2O/c1-12-6-4-5-9-18(12)11-16-14(10-17)13-7-2-3-8-15(13)19-16/h2-3,7-8,12H,4-6,9-11,17H2,1H3. The molecule has 102 valence electrons. The minimum Gasteiger partial charge on any atom is -0.459 e. The lowest BCUT2D eigenvalue weighted by Crippen LogP contribution is -2.36. The van der Waals surface area contributed by atoms with Crippen LogP contribution in [0.25, 0.3) is 11.0 Å². The second-order valence-electron chi connectivity index (χ2n) is 5.52. The number of para-hydroxylation sites is 1. The maximum Gasteiger partial charge on any atom is 0.134 e. The van der Waals surface area contributed by atoms with Gasteiger partial charge in [-0.2, -0.15) is 0 Å². The Hall–Kier alpha value is -1.32. The van der Waals surface area contributed by atoms with E-state index in [-0.39, 0.29) is 0 Å². The smallest absolute Gasteiger partial charge is 0.134 e. The lowest BCUT2D eigenvalue weighted by atomic mass is 10.0. The number of hydrogen-bond donors (Lipinski definition) is 1. The van der Waals surface area contributed by atoms with Gasteiger partial charge in [-0.05, 0) is 32.4 Å². The maximum atomic E-state index is 6.02. The number of fused-ring (bicyclic) bond motifs is 1. The third-order valence-corrected chi connectivity index (χ3v) is 4.27. The molecule has 0 spiro atoms. The zero-order valence-corrected chi connectivity index (χ0v) is 11.6. The Kier molecular flexibility index (Phi) is 3.58. The lowest BCUT2D eigenvalue weighted by molar-refractivity contribution is 0.142. The second kappa shape index (κ2) is 5.35. The molecule has 1 aromatic carbocycles. The fourth-order valence-electron chi connectivity index (χ4n) is 3.08. The topological polar surface area (TPSA) is 42.4 Å². The molecule has 0 aliphatic carbocycles. The molecule has 1 aliphatic heterocycles. The van der Waals surface area contributed by atoms with Crippen LogP contribution in [0.5, 0.6) is 0 Å². The van der Waals surface area contributed by atoms with Crippen LogP contribution in [0.15, 0.2) is 28.7 Å². The summed E-state index contributed by atoms with van der Waals surface area (Å²) in [6.45, 7) is 4.92. The predicted octanol–water partition coefficient (Wildman–Crippen LogP) is 3.27. The molecule has 3 rings (SSSR count). The van der Waals surface area contributed by atoms with Crippen molar-refractivity contribution >= 4 is 11.0 Å². The summed E-state index contributed by atoms with van der Waals surface area (Å²) in [5, 5.41) is 1.17. The highest BCUT2D eigenvalue weighted by Crippen LogP contribution is 2.28. The Bertz CT molecular complexity index is 561. The lowest BCUT2D eigenvalue weighted by Gasteiger charge is -2.32. The van der Waals surface area contributed by atoms with E-state index in [1.54, 1.807) is 0 Å². The zero-order chi connectivity index (χ0) is 13.2. The van der Waals surface area contributed by atoms with Crippen LogP contribution in [0.2, 0.25) is 0 Å². The molecule has 2 N–H and O–H groups in total. The first-order valence-corrected chi connectivity index (χ1v) is 7.23. The van der Waals surface area contributed by atoms with E-state index in [1.165, 1.54) is 36.8 Å². The number of likely N-dealkylation sites (tertiary alicyclic amines) is 1. The first-order chi connectivity index (χ1) is 9.29. The van der Waals surface area contributed by atoms with Gasteiger partial charge in [-0.1, -0.05) is 24.6 Å². The molecule has 1 saturated heterocycles. The summed E-state index contributed by atoms with van der Waals surface area (Å²) in [5.41, 5.74) is 8.06. The van der Waals surface area contributed by atoms with Crippen molar-refractivity contribution in [3.8, 4) is 0 Å². The van der Waals surface area contributed by atoms with Crippen LogP contribution < -0.4 is 5.73 Å². The van der Waals surface area contributed by atoms with Gasteiger partial charge in [-0.3, -0.25) is 4.90 Å². The molecule has 3 nitrogen and oxygen atoms in total. The molecule has 0 radical (unpaired) electrons. The average molecular weight is 258 g/mol. The normalized spacial score (nSPS) is 21.1. The third-order valence-electron chi connectivity index (χ3n) is 4.27. The van der Waals surface area contributed by atoms with E-state index >= 15 is 0 Å². The molecule has 1 aromatic heterocycles. The molecule has 0 saturated carbocycles. The molecular formula is C16H22N2O. The number of furan rings is 1. The van der Waals surface area contributed by atoms with E-state index in [1.807, 2.05) is 18.2 Å². The van der Waals surface area contributed by atoms with Crippen molar-refractivity contribution in [1.82, 2.24) is 4.90 Å². The molecule has 2 aromatic rings. The monoisotopic (exact) mass is 258 g/mol. The van der Waals surface area contributed by atoms with Crippen LogP contribution >= 0.6 is 0 Å². The van der Waals surface area contributed by atoms with Crippen LogP contribution in [-0.4, -0.2) is 17.5 Å². The molecular weight excluding hydrogens is 236 g/mol. The van der Waals surface area contributed by atoms with E-state index in [2.05, 4.69) is 17.9 Å². The largest absolute Gasteiger partial charge is 0.459 e. The minimum atomic E-state index is 0.550. The highest BCUT2D eigenvalue weighted by atomic mass is 16.3. The van der Waals surface area contributed by atoms with Crippen LogP contribution in [-0.2, 0) is 13.1 Å². The van der Waals surface area contributed by atoms with Crippen LogP contribution in [0.3, 0.4) is 0 Å². The Balaban J connectivity index is 1.91. The van der Waals surface area contributed by atoms with Crippen molar-refractivity contribution in [1.29, 1.82) is 0 Å². The van der Waals surface area contributed by atoms with Gasteiger partial charge in [0.05, 0.1) is 6.54 Å². The fourth-order valence-corrected chi connectivity index (χ4v) is 3.08. The molecule has 19 heavy (non-hydrogen) atoms. The van der Waals surface area contributed by atoms with Crippen molar-refractivity contribution in [2.45, 2.75) is 45.3 Å². The highest BCUT2D eigenvalue weighted by molar-refractivity contribution is 5.82. The predicted molar refractivity (Wildman–Crippen MR) is 77.8 cm³/mol. The van der Waals surface area contributed by atoms with Gasteiger partial charge in [0.25, 0.3) is 0 Å². The molecule has 0 bridgehead atoms. The van der Waals surface area contributed by atoms with E-state index < -0.39 is 0 Å². The number of nitrogens with two attached hydrogens (primary N) is 1. The van der Waals surface area contributed by atoms with Gasteiger partial charge in [-0.15, -0.1) is 0 Å². The molecule has 1 unspecified atom stereocenters. The van der Waals surface area contributed by atoms with Crippen LogP contribution in [0.4, 0.5) is 0 Å². The maximum absolute atomic E-state index is 6.02. The Morgan fingerprint density at radius 3 is 2.95 bits per heavy atom. The Morgan fingerprint density at radius 1 is 1.32 bits per heavy atom. The minimum absolute atomic E-state index is 0.550. The van der Waals surface area contributed by atoms with E-state index in [9.17, 15) is 0 Å². The number of piperidine rings is 1.